The van der Waals surface area contributed by atoms with Crippen molar-refractivity contribution in [3.8, 4) is 21.6 Å². The summed E-state index contributed by atoms with van der Waals surface area (Å²) in [6.45, 7) is 6.64. The van der Waals surface area contributed by atoms with E-state index < -0.39 is 17.9 Å². The van der Waals surface area contributed by atoms with Gasteiger partial charge in [0.15, 0.2) is 0 Å². The molecule has 3 nitrogen and oxygen atoms in total. The van der Waals surface area contributed by atoms with Crippen LogP contribution in [0, 0.1) is 20.8 Å². The standard InChI is InChI=1S/C21H20F3NS.C4H6FNO/c1-12-4-6-15(7-5-12)16-8-9-17(18(10-16)21(22,23)24)20-14(3)13(2)19(11-25)26-20;5-4-1-6(2-4)3-7/h4-10H,11,25H2,1-3H3;3-4H,1-2H2. The normalized spacial score (nSPS) is 13.9. The summed E-state index contributed by atoms with van der Waals surface area (Å²) in [5, 5.41) is 0. The Hall–Kier alpha value is -2.71. The molecule has 0 spiro atoms. The Morgan fingerprint density at radius 3 is 2.09 bits per heavy atom. The molecule has 2 N–H and O–H groups in total. The Labute approximate surface area is 194 Å². The fraction of sp³-hybridized carbons (Fsp3) is 0.320. The molecule has 3 aromatic rings. The Morgan fingerprint density at radius 1 is 1.03 bits per heavy atom. The van der Waals surface area contributed by atoms with Gasteiger partial charge in [-0.3, -0.25) is 4.79 Å². The van der Waals surface area contributed by atoms with Crippen LogP contribution in [-0.4, -0.2) is 30.6 Å². The van der Waals surface area contributed by atoms with Crippen molar-refractivity contribution in [1.29, 1.82) is 0 Å². The third-order valence-corrected chi connectivity index (χ3v) is 7.15. The van der Waals surface area contributed by atoms with Crippen LogP contribution < -0.4 is 5.73 Å². The molecule has 1 aliphatic rings. The summed E-state index contributed by atoms with van der Waals surface area (Å²) >= 11 is 1.35. The first-order chi connectivity index (χ1) is 15.5. The summed E-state index contributed by atoms with van der Waals surface area (Å²) < 4.78 is 53.1. The molecule has 1 aliphatic heterocycles. The first-order valence-electron chi connectivity index (χ1n) is 10.5. The molecular weight excluding hydrogens is 452 g/mol. The largest absolute Gasteiger partial charge is 0.417 e. The van der Waals surface area contributed by atoms with Crippen molar-refractivity contribution in [2.24, 2.45) is 5.73 Å². The molecule has 0 atom stereocenters. The lowest BCUT2D eigenvalue weighted by Crippen LogP contribution is -2.47. The summed E-state index contributed by atoms with van der Waals surface area (Å²) in [5.74, 6) is 0. The molecule has 0 saturated carbocycles. The van der Waals surface area contributed by atoms with Gasteiger partial charge in [0.05, 0.1) is 18.7 Å². The van der Waals surface area contributed by atoms with Crippen LogP contribution in [-0.2, 0) is 17.5 Å². The fourth-order valence-electron chi connectivity index (χ4n) is 3.55. The minimum atomic E-state index is -4.43. The second kappa shape index (κ2) is 10.1. The number of benzene rings is 2. The lowest BCUT2D eigenvalue weighted by atomic mass is 9.96. The van der Waals surface area contributed by atoms with Gasteiger partial charge in [-0.1, -0.05) is 42.0 Å². The molecular formula is C25H26F4N2OS. The van der Waals surface area contributed by atoms with E-state index in [1.807, 2.05) is 45.0 Å². The van der Waals surface area contributed by atoms with Gasteiger partial charge >= 0.3 is 6.18 Å². The maximum atomic E-state index is 13.8. The van der Waals surface area contributed by atoms with Crippen molar-refractivity contribution < 1.29 is 22.4 Å². The van der Waals surface area contributed by atoms with Crippen LogP contribution in [0.4, 0.5) is 17.6 Å². The maximum Gasteiger partial charge on any atom is 0.417 e. The van der Waals surface area contributed by atoms with Crippen LogP contribution in [0.3, 0.4) is 0 Å². The van der Waals surface area contributed by atoms with Crippen LogP contribution in [0.5, 0.6) is 0 Å². The highest BCUT2D eigenvalue weighted by atomic mass is 32.1. The molecule has 8 heteroatoms. The van der Waals surface area contributed by atoms with Crippen molar-refractivity contribution >= 4 is 17.7 Å². The Bertz CT molecular complexity index is 1120. The van der Waals surface area contributed by atoms with Crippen LogP contribution >= 0.6 is 11.3 Å². The number of aryl methyl sites for hydroxylation is 1. The number of thiophene rings is 1. The number of nitrogens with zero attached hydrogens (tertiary/aromatic N) is 1. The lowest BCUT2D eigenvalue weighted by molar-refractivity contribution is -0.137. The van der Waals surface area contributed by atoms with E-state index >= 15 is 0 Å². The van der Waals surface area contributed by atoms with E-state index in [0.29, 0.717) is 36.5 Å². The summed E-state index contributed by atoms with van der Waals surface area (Å²) in [6.07, 6.45) is -4.52. The number of hydrogen-bond donors (Lipinski definition) is 1. The van der Waals surface area contributed by atoms with E-state index in [4.69, 9.17) is 5.73 Å². The van der Waals surface area contributed by atoms with Gasteiger partial charge in [-0.2, -0.15) is 13.2 Å². The smallest absolute Gasteiger partial charge is 0.339 e. The van der Waals surface area contributed by atoms with Crippen LogP contribution in [0.1, 0.15) is 27.1 Å². The second-order valence-corrected chi connectivity index (χ2v) is 9.19. The van der Waals surface area contributed by atoms with Gasteiger partial charge in [0, 0.05) is 21.9 Å². The van der Waals surface area contributed by atoms with E-state index in [1.165, 1.54) is 22.3 Å². The Balaban J connectivity index is 0.000000374. The Morgan fingerprint density at radius 2 is 1.64 bits per heavy atom. The number of rotatable bonds is 4. The number of amides is 1. The lowest BCUT2D eigenvalue weighted by Gasteiger charge is -2.29. The molecule has 33 heavy (non-hydrogen) atoms. The number of likely N-dealkylation sites (tertiary alicyclic amines) is 1. The van der Waals surface area contributed by atoms with E-state index in [1.54, 1.807) is 12.1 Å². The molecule has 0 radical (unpaired) electrons. The minimum absolute atomic E-state index is 0.221. The average Bonchev–Trinajstić information content (AvgIpc) is 3.05. The summed E-state index contributed by atoms with van der Waals surface area (Å²) in [5.41, 5.74) is 9.59. The third-order valence-electron chi connectivity index (χ3n) is 5.70. The summed E-state index contributed by atoms with van der Waals surface area (Å²) in [4.78, 5) is 12.7. The zero-order chi connectivity index (χ0) is 24.3. The van der Waals surface area contributed by atoms with E-state index in [2.05, 4.69) is 0 Å². The van der Waals surface area contributed by atoms with Gasteiger partial charge in [-0.25, -0.2) is 4.39 Å². The maximum absolute atomic E-state index is 13.8. The molecule has 1 aromatic heterocycles. The van der Waals surface area contributed by atoms with E-state index in [0.717, 1.165) is 27.1 Å². The quantitative estimate of drug-likeness (QED) is 0.354. The topological polar surface area (TPSA) is 46.3 Å². The van der Waals surface area contributed by atoms with Gasteiger partial charge in [0.25, 0.3) is 0 Å². The number of alkyl halides is 4. The molecule has 2 aromatic carbocycles. The molecule has 1 fully saturated rings. The summed E-state index contributed by atoms with van der Waals surface area (Å²) in [7, 11) is 0. The van der Waals surface area contributed by atoms with Gasteiger partial charge in [-0.15, -0.1) is 11.3 Å². The highest BCUT2D eigenvalue weighted by Crippen LogP contribution is 2.44. The fourth-order valence-corrected chi connectivity index (χ4v) is 4.78. The van der Waals surface area contributed by atoms with Gasteiger partial charge in [0.1, 0.15) is 6.17 Å². The van der Waals surface area contributed by atoms with Crippen molar-refractivity contribution in [3.63, 3.8) is 0 Å². The van der Waals surface area contributed by atoms with Gasteiger partial charge < -0.3 is 10.6 Å². The van der Waals surface area contributed by atoms with Crippen LogP contribution in [0.25, 0.3) is 21.6 Å². The molecule has 4 rings (SSSR count). The highest BCUT2D eigenvalue weighted by molar-refractivity contribution is 7.15. The van der Waals surface area contributed by atoms with E-state index in [-0.39, 0.29) is 5.56 Å². The third kappa shape index (κ3) is 5.62. The van der Waals surface area contributed by atoms with Crippen molar-refractivity contribution in [2.75, 3.05) is 13.1 Å². The monoisotopic (exact) mass is 478 g/mol. The van der Waals surface area contributed by atoms with Crippen LogP contribution in [0.15, 0.2) is 42.5 Å². The first kappa shape index (κ1) is 24.9. The van der Waals surface area contributed by atoms with Crippen molar-refractivity contribution in [1.82, 2.24) is 4.90 Å². The summed E-state index contributed by atoms with van der Waals surface area (Å²) in [6, 6.07) is 12.1. The number of halogens is 4. The van der Waals surface area contributed by atoms with Gasteiger partial charge in [-0.05, 0) is 49.1 Å². The molecule has 1 saturated heterocycles. The molecule has 0 unspecified atom stereocenters. The average molecular weight is 479 g/mol. The molecule has 0 aliphatic carbocycles. The molecule has 0 bridgehead atoms. The number of hydrogen-bond acceptors (Lipinski definition) is 3. The molecule has 2 heterocycles. The zero-order valence-electron chi connectivity index (χ0n) is 18.7. The first-order valence-corrected chi connectivity index (χ1v) is 11.3. The number of nitrogens with two attached hydrogens (primary N) is 1. The number of carbonyl (C=O) groups is 1. The van der Waals surface area contributed by atoms with Gasteiger partial charge in [0.2, 0.25) is 6.41 Å². The molecule has 176 valence electrons. The predicted molar refractivity (Wildman–Crippen MR) is 125 cm³/mol. The zero-order valence-corrected chi connectivity index (χ0v) is 19.5. The van der Waals surface area contributed by atoms with Crippen molar-refractivity contribution in [2.45, 2.75) is 39.7 Å². The Kier molecular flexibility index (Phi) is 7.59. The van der Waals surface area contributed by atoms with Crippen LogP contribution in [0.2, 0.25) is 0 Å². The van der Waals surface area contributed by atoms with Crippen molar-refractivity contribution in [3.05, 3.63) is 69.6 Å². The molecule has 1 amide bonds. The minimum Gasteiger partial charge on any atom is -0.339 e. The SMILES string of the molecule is Cc1ccc(-c2ccc(-c3sc(CN)c(C)c3C)c(C(F)(F)F)c2)cc1.O=CN1CC(F)C1. The highest BCUT2D eigenvalue weighted by Gasteiger charge is 2.35. The predicted octanol–water partition coefficient (Wildman–Crippen LogP) is 6.28. The van der Waals surface area contributed by atoms with E-state index in [9.17, 15) is 22.4 Å². The number of carbonyl (C=O) groups excluding carboxylic acids is 1. The second-order valence-electron chi connectivity index (χ2n) is 8.09.